The Morgan fingerprint density at radius 3 is 2.53 bits per heavy atom. The molecule has 15 heavy (non-hydrogen) atoms. The van der Waals surface area contributed by atoms with E-state index in [0.29, 0.717) is 0 Å². The Balaban J connectivity index is 2.28. The van der Waals surface area contributed by atoms with Crippen LogP contribution in [0.3, 0.4) is 0 Å². The van der Waals surface area contributed by atoms with Crippen LogP contribution in [0.2, 0.25) is 0 Å². The van der Waals surface area contributed by atoms with Crippen LogP contribution in [0, 0.1) is 0 Å². The number of anilines is 1. The molecule has 2 atom stereocenters. The molecule has 1 aliphatic rings. The first-order valence-electron chi connectivity index (χ1n) is 4.97. The Hall–Kier alpha value is -1.38. The topological polar surface area (TPSA) is 3.24 Å². The molecule has 1 aromatic rings. The third-order valence-corrected chi connectivity index (χ3v) is 2.60. The van der Waals surface area contributed by atoms with Crippen molar-refractivity contribution in [2.75, 3.05) is 11.4 Å². The smallest absolute Gasteiger partial charge is 0.153 e. The number of hydrogen-bond donors (Lipinski definition) is 0. The van der Waals surface area contributed by atoms with Crippen LogP contribution >= 0.6 is 0 Å². The minimum atomic E-state index is -1.47. The van der Waals surface area contributed by atoms with E-state index in [4.69, 9.17) is 0 Å². The summed E-state index contributed by atoms with van der Waals surface area (Å²) in [5.41, 5.74) is 1.67. The minimum absolute atomic E-state index is 0.0908. The van der Waals surface area contributed by atoms with Gasteiger partial charge in [-0.3, -0.25) is 0 Å². The lowest BCUT2D eigenvalue weighted by Crippen LogP contribution is -2.38. The fraction of sp³-hybridized carbons (Fsp3) is 0.333. The Kier molecular flexibility index (Phi) is 2.71. The monoisotopic (exact) mass is 209 g/mol. The highest BCUT2D eigenvalue weighted by molar-refractivity contribution is 5.52. The van der Waals surface area contributed by atoms with E-state index in [2.05, 4.69) is 0 Å². The van der Waals surface area contributed by atoms with Crippen molar-refractivity contribution in [1.82, 2.24) is 0 Å². The molecule has 0 N–H and O–H groups in total. The average Bonchev–Trinajstić information content (AvgIpc) is 2.25. The summed E-state index contributed by atoms with van der Waals surface area (Å²) in [6.07, 6.45) is -1.57. The van der Waals surface area contributed by atoms with E-state index in [-0.39, 0.29) is 6.54 Å². The molecule has 0 saturated heterocycles. The van der Waals surface area contributed by atoms with Crippen molar-refractivity contribution in [2.45, 2.75) is 19.3 Å². The molecule has 0 radical (unpaired) electrons. The van der Waals surface area contributed by atoms with E-state index in [0.717, 1.165) is 11.4 Å². The van der Waals surface area contributed by atoms with E-state index in [1.54, 1.807) is 11.8 Å². The lowest BCUT2D eigenvalue weighted by atomic mass is 10.1. The van der Waals surface area contributed by atoms with Gasteiger partial charge in [-0.05, 0) is 25.1 Å². The van der Waals surface area contributed by atoms with Gasteiger partial charge in [-0.2, -0.15) is 0 Å². The van der Waals surface area contributed by atoms with Crippen LogP contribution in [0.5, 0.6) is 0 Å². The minimum Gasteiger partial charge on any atom is -0.343 e. The molecule has 0 spiro atoms. The maximum absolute atomic E-state index is 13.2. The van der Waals surface area contributed by atoms with Gasteiger partial charge in [0, 0.05) is 11.4 Å². The van der Waals surface area contributed by atoms with Gasteiger partial charge in [-0.25, -0.2) is 8.78 Å². The summed E-state index contributed by atoms with van der Waals surface area (Å²) in [6, 6.07) is 9.46. The molecule has 0 aliphatic carbocycles. The van der Waals surface area contributed by atoms with Crippen molar-refractivity contribution < 1.29 is 8.78 Å². The normalized spacial score (nSPS) is 26.3. The van der Waals surface area contributed by atoms with Gasteiger partial charge in [0.15, 0.2) is 12.3 Å². The maximum Gasteiger partial charge on any atom is 0.153 e. The number of nitrogens with zero attached hydrogens (tertiary/aromatic N) is 1. The van der Waals surface area contributed by atoms with Crippen molar-refractivity contribution >= 4 is 5.69 Å². The van der Waals surface area contributed by atoms with Gasteiger partial charge in [0.1, 0.15) is 0 Å². The summed E-state index contributed by atoms with van der Waals surface area (Å²) in [5.74, 6) is 0. The molecular formula is C12H13F2N. The van der Waals surface area contributed by atoms with Crippen molar-refractivity contribution in [3.05, 3.63) is 42.1 Å². The molecule has 2 rings (SSSR count). The standard InChI is InChI=1S/C12H13F2N/c1-9-7-11(13)12(14)8-15(9)10-5-3-2-4-6-10/h2-7,11-12H,8H2,1H3. The lowest BCUT2D eigenvalue weighted by molar-refractivity contribution is 0.201. The second kappa shape index (κ2) is 4.01. The Bertz CT molecular complexity index is 361. The number of para-hydroxylation sites is 1. The summed E-state index contributed by atoms with van der Waals surface area (Å²) < 4.78 is 26.3. The molecule has 80 valence electrons. The van der Waals surface area contributed by atoms with Gasteiger partial charge in [0.2, 0.25) is 0 Å². The summed E-state index contributed by atoms with van der Waals surface area (Å²) in [7, 11) is 0. The Morgan fingerprint density at radius 1 is 1.20 bits per heavy atom. The average molecular weight is 209 g/mol. The van der Waals surface area contributed by atoms with Crippen LogP contribution in [-0.4, -0.2) is 18.9 Å². The predicted octanol–water partition coefficient (Wildman–Crippen LogP) is 3.09. The second-order valence-electron chi connectivity index (χ2n) is 3.71. The molecular weight excluding hydrogens is 196 g/mol. The summed E-state index contributed by atoms with van der Waals surface area (Å²) in [4.78, 5) is 1.79. The fourth-order valence-electron chi connectivity index (χ4n) is 1.76. The van der Waals surface area contributed by atoms with E-state index in [1.807, 2.05) is 30.3 Å². The quantitative estimate of drug-likeness (QED) is 0.687. The molecule has 0 aromatic heterocycles. The number of alkyl halides is 2. The maximum atomic E-state index is 13.2. The van der Waals surface area contributed by atoms with Gasteiger partial charge in [-0.15, -0.1) is 0 Å². The van der Waals surface area contributed by atoms with Crippen LogP contribution in [0.4, 0.5) is 14.5 Å². The summed E-state index contributed by atoms with van der Waals surface area (Å²) >= 11 is 0. The van der Waals surface area contributed by atoms with Crippen LogP contribution in [0.15, 0.2) is 42.1 Å². The molecule has 1 nitrogen and oxygen atoms in total. The number of allylic oxidation sites excluding steroid dienone is 2. The highest BCUT2D eigenvalue weighted by Gasteiger charge is 2.27. The second-order valence-corrected chi connectivity index (χ2v) is 3.71. The molecule has 2 unspecified atom stereocenters. The number of benzene rings is 1. The van der Waals surface area contributed by atoms with Crippen LogP contribution in [-0.2, 0) is 0 Å². The molecule has 1 heterocycles. The van der Waals surface area contributed by atoms with E-state index < -0.39 is 12.3 Å². The largest absolute Gasteiger partial charge is 0.343 e. The van der Waals surface area contributed by atoms with Gasteiger partial charge in [-0.1, -0.05) is 18.2 Å². The fourth-order valence-corrected chi connectivity index (χ4v) is 1.76. The predicted molar refractivity (Wildman–Crippen MR) is 57.3 cm³/mol. The first kappa shape index (κ1) is 10.1. The molecule has 0 fully saturated rings. The zero-order chi connectivity index (χ0) is 10.8. The van der Waals surface area contributed by atoms with E-state index in [9.17, 15) is 8.78 Å². The summed E-state index contributed by atoms with van der Waals surface area (Å²) in [6.45, 7) is 1.89. The van der Waals surface area contributed by atoms with Gasteiger partial charge in [0.25, 0.3) is 0 Å². The Morgan fingerprint density at radius 2 is 1.87 bits per heavy atom. The Labute approximate surface area is 88.0 Å². The first-order chi connectivity index (χ1) is 7.18. The van der Waals surface area contributed by atoms with Crippen molar-refractivity contribution in [1.29, 1.82) is 0 Å². The molecule has 0 amide bonds. The first-order valence-corrected chi connectivity index (χ1v) is 4.97. The molecule has 0 bridgehead atoms. The van der Waals surface area contributed by atoms with Crippen LogP contribution in [0.1, 0.15) is 6.92 Å². The van der Waals surface area contributed by atoms with Crippen LogP contribution in [0.25, 0.3) is 0 Å². The van der Waals surface area contributed by atoms with Gasteiger partial charge < -0.3 is 4.90 Å². The molecule has 1 aliphatic heterocycles. The van der Waals surface area contributed by atoms with Crippen LogP contribution < -0.4 is 4.90 Å². The highest BCUT2D eigenvalue weighted by atomic mass is 19.2. The third-order valence-electron chi connectivity index (χ3n) is 2.60. The number of halogens is 2. The highest BCUT2D eigenvalue weighted by Crippen LogP contribution is 2.25. The SMILES string of the molecule is CC1=CC(F)C(F)CN1c1ccccc1. The van der Waals surface area contributed by atoms with Crippen molar-refractivity contribution in [2.24, 2.45) is 0 Å². The number of hydrogen-bond acceptors (Lipinski definition) is 1. The molecule has 1 aromatic carbocycles. The zero-order valence-electron chi connectivity index (χ0n) is 8.53. The van der Waals surface area contributed by atoms with E-state index >= 15 is 0 Å². The number of rotatable bonds is 1. The molecule has 0 saturated carbocycles. The van der Waals surface area contributed by atoms with E-state index in [1.165, 1.54) is 6.08 Å². The van der Waals surface area contributed by atoms with Gasteiger partial charge in [0.05, 0.1) is 6.54 Å². The summed E-state index contributed by atoms with van der Waals surface area (Å²) in [5, 5.41) is 0. The third kappa shape index (κ3) is 2.01. The van der Waals surface area contributed by atoms with Crippen molar-refractivity contribution in [3.8, 4) is 0 Å². The lowest BCUT2D eigenvalue weighted by Gasteiger charge is -2.32. The van der Waals surface area contributed by atoms with Gasteiger partial charge >= 0.3 is 0 Å². The van der Waals surface area contributed by atoms with Crippen molar-refractivity contribution in [3.63, 3.8) is 0 Å². The zero-order valence-corrected chi connectivity index (χ0v) is 8.53. The molecule has 3 heteroatoms.